The lowest BCUT2D eigenvalue weighted by Gasteiger charge is -2.12. The van der Waals surface area contributed by atoms with Crippen LogP contribution in [0.25, 0.3) is 0 Å². The molecular formula is C18H19NO5. The number of benzene rings is 1. The van der Waals surface area contributed by atoms with E-state index in [9.17, 15) is 14.7 Å². The number of aromatic hydroxyl groups is 1. The van der Waals surface area contributed by atoms with Gasteiger partial charge in [-0.2, -0.15) is 0 Å². The van der Waals surface area contributed by atoms with E-state index in [0.29, 0.717) is 29.6 Å². The van der Waals surface area contributed by atoms with Crippen molar-refractivity contribution in [3.05, 3.63) is 52.3 Å². The number of Topliss-reactive ketones (excluding diaryl/α,β-unsaturated/α-hetero) is 1. The average molecular weight is 329 g/mol. The molecule has 0 bridgehead atoms. The van der Waals surface area contributed by atoms with E-state index in [4.69, 9.17) is 9.47 Å². The molecule has 1 aliphatic rings. The van der Waals surface area contributed by atoms with Gasteiger partial charge < -0.3 is 19.1 Å². The summed E-state index contributed by atoms with van der Waals surface area (Å²) in [7, 11) is 1.55. The second-order valence-electron chi connectivity index (χ2n) is 5.89. The highest BCUT2D eigenvalue weighted by molar-refractivity contribution is 5.96. The third-order valence-corrected chi connectivity index (χ3v) is 3.96. The molecule has 1 aromatic carbocycles. The van der Waals surface area contributed by atoms with Crippen LogP contribution >= 0.6 is 0 Å². The van der Waals surface area contributed by atoms with Gasteiger partial charge >= 0.3 is 0 Å². The van der Waals surface area contributed by atoms with E-state index in [1.54, 1.807) is 25.3 Å². The number of nitrogens with zero attached hydrogens (tertiary/aromatic N) is 1. The minimum atomic E-state index is -0.309. The summed E-state index contributed by atoms with van der Waals surface area (Å²) in [6, 6.07) is 7.38. The minimum Gasteiger partial charge on any atom is -0.494 e. The summed E-state index contributed by atoms with van der Waals surface area (Å²) in [4.78, 5) is 23.6. The number of rotatable bonds is 7. The lowest BCUT2D eigenvalue weighted by atomic mass is 10.1. The first-order valence-electron chi connectivity index (χ1n) is 7.80. The molecule has 0 atom stereocenters. The number of ether oxygens (including phenoxy) is 2. The Hall–Kier alpha value is -2.76. The minimum absolute atomic E-state index is 0.0689. The first-order valence-corrected chi connectivity index (χ1v) is 7.80. The van der Waals surface area contributed by atoms with Crippen LogP contribution in [0.15, 0.2) is 41.3 Å². The van der Waals surface area contributed by atoms with Crippen molar-refractivity contribution in [2.45, 2.75) is 19.4 Å². The highest BCUT2D eigenvalue weighted by atomic mass is 16.5. The Morgan fingerprint density at radius 2 is 2.04 bits per heavy atom. The van der Waals surface area contributed by atoms with Crippen molar-refractivity contribution in [3.63, 3.8) is 0 Å². The van der Waals surface area contributed by atoms with E-state index in [1.165, 1.54) is 29.7 Å². The average Bonchev–Trinajstić information content (AvgIpc) is 3.39. The van der Waals surface area contributed by atoms with Crippen LogP contribution in [-0.4, -0.2) is 29.2 Å². The molecule has 0 aliphatic heterocycles. The summed E-state index contributed by atoms with van der Waals surface area (Å²) in [5, 5.41) is 9.74. The standard InChI is InChI=1S/C18H19NO5/c1-23-16-5-4-13(8-17(16)24-11-12-2-3-12)15(21)10-19-7-6-14(20)9-18(19)22/h4-9,12,22H,2-3,10-11H2,1H3. The SMILES string of the molecule is COc1ccc(C(=O)Cn2ccc(=O)cc2O)cc1OCC1CC1. The van der Waals surface area contributed by atoms with Crippen molar-refractivity contribution in [1.82, 2.24) is 4.57 Å². The number of carbonyl (C=O) groups is 1. The maximum absolute atomic E-state index is 12.4. The lowest BCUT2D eigenvalue weighted by Crippen LogP contribution is -2.13. The molecule has 6 nitrogen and oxygen atoms in total. The number of carbonyl (C=O) groups excluding carboxylic acids is 1. The van der Waals surface area contributed by atoms with Gasteiger partial charge in [0.2, 0.25) is 0 Å². The van der Waals surface area contributed by atoms with Crippen LogP contribution in [0.1, 0.15) is 23.2 Å². The van der Waals surface area contributed by atoms with Gasteiger partial charge in [-0.05, 0) is 37.0 Å². The summed E-state index contributed by atoms with van der Waals surface area (Å²) in [5.41, 5.74) is 0.149. The number of aromatic nitrogens is 1. The molecule has 2 aromatic rings. The molecule has 1 aliphatic carbocycles. The first-order chi connectivity index (χ1) is 11.6. The fourth-order valence-corrected chi connectivity index (χ4v) is 2.33. The molecule has 1 N–H and O–H groups in total. The van der Waals surface area contributed by atoms with Gasteiger partial charge in [0.25, 0.3) is 0 Å². The van der Waals surface area contributed by atoms with Gasteiger partial charge in [-0.1, -0.05) is 0 Å². The van der Waals surface area contributed by atoms with E-state index in [0.717, 1.165) is 6.07 Å². The van der Waals surface area contributed by atoms with Crippen LogP contribution in [0.5, 0.6) is 17.4 Å². The molecule has 0 saturated heterocycles. The van der Waals surface area contributed by atoms with Crippen LogP contribution in [0, 0.1) is 5.92 Å². The van der Waals surface area contributed by atoms with Crippen LogP contribution in [0.3, 0.4) is 0 Å². The topological polar surface area (TPSA) is 77.8 Å². The fourth-order valence-electron chi connectivity index (χ4n) is 2.33. The fraction of sp³-hybridized carbons (Fsp3) is 0.333. The van der Waals surface area contributed by atoms with Crippen molar-refractivity contribution >= 4 is 5.78 Å². The molecule has 3 rings (SSSR count). The molecule has 0 unspecified atom stereocenters. The molecule has 0 spiro atoms. The van der Waals surface area contributed by atoms with Gasteiger partial charge in [0.1, 0.15) is 0 Å². The van der Waals surface area contributed by atoms with Crippen molar-refractivity contribution in [2.75, 3.05) is 13.7 Å². The molecule has 1 fully saturated rings. The molecule has 6 heteroatoms. The van der Waals surface area contributed by atoms with Crippen molar-refractivity contribution < 1.29 is 19.4 Å². The summed E-state index contributed by atoms with van der Waals surface area (Å²) in [6.45, 7) is 0.551. The Kier molecular flexibility index (Phi) is 4.55. The second kappa shape index (κ2) is 6.78. The number of hydrogen-bond donors (Lipinski definition) is 1. The Morgan fingerprint density at radius 3 is 2.71 bits per heavy atom. The molecule has 1 heterocycles. The van der Waals surface area contributed by atoms with Crippen LogP contribution in [-0.2, 0) is 6.54 Å². The third-order valence-electron chi connectivity index (χ3n) is 3.96. The maximum atomic E-state index is 12.4. The Balaban J connectivity index is 1.78. The summed E-state index contributed by atoms with van der Waals surface area (Å²) in [5.74, 6) is 1.27. The van der Waals surface area contributed by atoms with Crippen LogP contribution in [0.4, 0.5) is 0 Å². The summed E-state index contributed by atoms with van der Waals surface area (Å²) in [6.07, 6.45) is 3.74. The Labute approximate surface area is 139 Å². The van der Waals surface area contributed by atoms with Crippen LogP contribution in [0.2, 0.25) is 0 Å². The summed E-state index contributed by atoms with van der Waals surface area (Å²) < 4.78 is 12.3. The van der Waals surface area contributed by atoms with Gasteiger partial charge in [0, 0.05) is 23.9 Å². The lowest BCUT2D eigenvalue weighted by molar-refractivity contribution is 0.0967. The molecule has 24 heavy (non-hydrogen) atoms. The predicted molar refractivity (Wildman–Crippen MR) is 87.9 cm³/mol. The number of pyridine rings is 1. The predicted octanol–water partition coefficient (Wildman–Crippen LogP) is 2.23. The molecule has 126 valence electrons. The van der Waals surface area contributed by atoms with Gasteiger partial charge in [0.05, 0.1) is 20.3 Å². The Bertz CT molecular complexity index is 807. The molecular weight excluding hydrogens is 310 g/mol. The first kappa shape index (κ1) is 16.1. The molecule has 0 amide bonds. The molecule has 1 aromatic heterocycles. The zero-order valence-corrected chi connectivity index (χ0v) is 13.4. The molecule has 0 radical (unpaired) electrons. The van der Waals surface area contributed by atoms with Gasteiger partial charge in [-0.15, -0.1) is 0 Å². The van der Waals surface area contributed by atoms with E-state index in [-0.39, 0.29) is 23.6 Å². The maximum Gasteiger partial charge on any atom is 0.195 e. The van der Waals surface area contributed by atoms with Crippen LogP contribution < -0.4 is 14.9 Å². The highest BCUT2D eigenvalue weighted by Crippen LogP contribution is 2.33. The third kappa shape index (κ3) is 3.76. The van der Waals surface area contributed by atoms with Crippen molar-refractivity contribution in [1.29, 1.82) is 0 Å². The highest BCUT2D eigenvalue weighted by Gasteiger charge is 2.23. The number of ketones is 1. The van der Waals surface area contributed by atoms with Crippen molar-refractivity contribution in [3.8, 4) is 17.4 Å². The van der Waals surface area contributed by atoms with Gasteiger partial charge in [-0.3, -0.25) is 9.59 Å². The van der Waals surface area contributed by atoms with E-state index in [2.05, 4.69) is 0 Å². The zero-order chi connectivity index (χ0) is 17.1. The normalized spacial score (nSPS) is 13.5. The van der Waals surface area contributed by atoms with Gasteiger partial charge in [-0.25, -0.2) is 0 Å². The largest absolute Gasteiger partial charge is 0.494 e. The van der Waals surface area contributed by atoms with E-state index >= 15 is 0 Å². The van der Waals surface area contributed by atoms with Crippen molar-refractivity contribution in [2.24, 2.45) is 5.92 Å². The van der Waals surface area contributed by atoms with E-state index < -0.39 is 0 Å². The van der Waals surface area contributed by atoms with E-state index in [1.807, 2.05) is 0 Å². The number of hydrogen-bond acceptors (Lipinski definition) is 5. The smallest absolute Gasteiger partial charge is 0.195 e. The zero-order valence-electron chi connectivity index (χ0n) is 13.4. The quantitative estimate of drug-likeness (QED) is 0.788. The monoisotopic (exact) mass is 329 g/mol. The second-order valence-corrected chi connectivity index (χ2v) is 5.89. The Morgan fingerprint density at radius 1 is 1.25 bits per heavy atom. The molecule has 1 saturated carbocycles. The summed E-state index contributed by atoms with van der Waals surface area (Å²) >= 11 is 0. The number of methoxy groups -OCH3 is 1. The van der Waals surface area contributed by atoms with Gasteiger partial charge in [0.15, 0.2) is 28.6 Å².